The molecule has 3 aromatic rings. The van der Waals surface area contributed by atoms with Crippen molar-refractivity contribution in [3.8, 4) is 0 Å². The third-order valence-corrected chi connectivity index (χ3v) is 4.80. The zero-order valence-corrected chi connectivity index (χ0v) is 16.7. The average molecular weight is 388 g/mol. The van der Waals surface area contributed by atoms with E-state index in [-0.39, 0.29) is 6.04 Å². The highest BCUT2D eigenvalue weighted by atomic mass is 32.1. The van der Waals surface area contributed by atoms with Gasteiger partial charge in [-0.1, -0.05) is 0 Å². The number of anilines is 1. The second-order valence-corrected chi connectivity index (χ2v) is 8.47. The Bertz CT molecular complexity index is 899. The molecule has 144 valence electrons. The van der Waals surface area contributed by atoms with Crippen LogP contribution in [0.2, 0.25) is 0 Å². The van der Waals surface area contributed by atoms with Crippen LogP contribution >= 0.6 is 11.3 Å². The highest BCUT2D eigenvalue weighted by molar-refractivity contribution is 7.19. The zero-order valence-electron chi connectivity index (χ0n) is 15.9. The van der Waals surface area contributed by atoms with Gasteiger partial charge in [0, 0.05) is 17.3 Å². The fourth-order valence-corrected chi connectivity index (χ4v) is 3.78. The molecule has 0 aliphatic carbocycles. The van der Waals surface area contributed by atoms with Gasteiger partial charge in [0.25, 0.3) is 0 Å². The molecule has 3 rings (SSSR count). The number of aromatic nitrogens is 2. The Morgan fingerprint density at radius 1 is 1.37 bits per heavy atom. The Morgan fingerprint density at radius 3 is 2.89 bits per heavy atom. The number of hydrogen-bond donors (Lipinski definition) is 2. The minimum absolute atomic E-state index is 0.0552. The van der Waals surface area contributed by atoms with Crippen molar-refractivity contribution >= 4 is 33.5 Å². The summed E-state index contributed by atoms with van der Waals surface area (Å²) in [5.41, 5.74) is 0.377. The van der Waals surface area contributed by atoms with E-state index in [4.69, 9.17) is 9.15 Å². The van der Waals surface area contributed by atoms with Crippen LogP contribution in [0.1, 0.15) is 38.3 Å². The van der Waals surface area contributed by atoms with E-state index in [2.05, 4.69) is 20.6 Å². The molecule has 0 aliphatic rings. The lowest BCUT2D eigenvalue weighted by molar-refractivity contribution is 0.0508. The summed E-state index contributed by atoms with van der Waals surface area (Å²) in [5.74, 6) is 1.62. The van der Waals surface area contributed by atoms with Gasteiger partial charge in [-0.15, -0.1) is 11.3 Å². The number of furan rings is 1. The predicted molar refractivity (Wildman–Crippen MR) is 106 cm³/mol. The lowest BCUT2D eigenvalue weighted by Gasteiger charge is -2.21. The molecule has 3 aromatic heterocycles. The first kappa shape index (κ1) is 19.2. The molecule has 27 heavy (non-hydrogen) atoms. The number of hydrogen-bond acceptors (Lipinski definition) is 7. The molecule has 1 atom stereocenters. The first-order valence-corrected chi connectivity index (χ1v) is 9.61. The number of carbonyl (C=O) groups is 1. The Balaban J connectivity index is 1.65. The van der Waals surface area contributed by atoms with Crippen LogP contribution in [0.25, 0.3) is 10.2 Å². The van der Waals surface area contributed by atoms with Crippen molar-refractivity contribution in [1.82, 2.24) is 15.3 Å². The smallest absolute Gasteiger partial charge is 0.407 e. The normalized spacial score (nSPS) is 12.7. The molecule has 0 aromatic carbocycles. The van der Waals surface area contributed by atoms with Crippen molar-refractivity contribution in [1.29, 1.82) is 0 Å². The summed E-state index contributed by atoms with van der Waals surface area (Å²) in [7, 11) is 0. The topological polar surface area (TPSA) is 89.3 Å². The molecule has 0 spiro atoms. The van der Waals surface area contributed by atoms with E-state index in [1.54, 1.807) is 23.9 Å². The summed E-state index contributed by atoms with van der Waals surface area (Å²) in [6, 6.07) is 5.75. The van der Waals surface area contributed by atoms with Crippen LogP contribution in [0.15, 0.2) is 35.2 Å². The van der Waals surface area contributed by atoms with E-state index < -0.39 is 11.7 Å². The third-order valence-electron chi connectivity index (χ3n) is 3.64. The van der Waals surface area contributed by atoms with Crippen molar-refractivity contribution in [3.63, 3.8) is 0 Å². The molecule has 8 heteroatoms. The number of nitrogens with one attached hydrogen (secondary N) is 2. The molecule has 2 N–H and O–H groups in total. The van der Waals surface area contributed by atoms with E-state index in [1.165, 1.54) is 0 Å². The van der Waals surface area contributed by atoms with Crippen molar-refractivity contribution in [2.75, 3.05) is 5.32 Å². The number of amides is 1. The van der Waals surface area contributed by atoms with Gasteiger partial charge in [-0.2, -0.15) is 0 Å². The lowest BCUT2D eigenvalue weighted by Crippen LogP contribution is -2.38. The van der Waals surface area contributed by atoms with Gasteiger partial charge in [0.1, 0.15) is 23.5 Å². The fourth-order valence-electron chi connectivity index (χ4n) is 2.58. The van der Waals surface area contributed by atoms with Gasteiger partial charge in [0.05, 0.1) is 23.0 Å². The molecule has 3 heterocycles. The number of nitrogens with zero attached hydrogens (tertiary/aromatic N) is 2. The van der Waals surface area contributed by atoms with Crippen LogP contribution in [0.4, 0.5) is 10.6 Å². The molecule has 0 saturated carbocycles. The first-order chi connectivity index (χ1) is 12.8. The maximum absolute atomic E-state index is 11.9. The summed E-state index contributed by atoms with van der Waals surface area (Å²) in [6.45, 7) is 8.05. The summed E-state index contributed by atoms with van der Waals surface area (Å²) in [5, 5.41) is 6.16. The number of carbonyl (C=O) groups excluding carboxylic acids is 1. The molecule has 0 radical (unpaired) electrons. The Morgan fingerprint density at radius 2 is 2.19 bits per heavy atom. The number of ether oxygens (including phenoxy) is 1. The molecule has 7 nitrogen and oxygen atoms in total. The molecule has 0 aliphatic heterocycles. The summed E-state index contributed by atoms with van der Waals surface area (Å²) in [4.78, 5) is 21.7. The van der Waals surface area contributed by atoms with Gasteiger partial charge in [-0.3, -0.25) is 0 Å². The maximum Gasteiger partial charge on any atom is 0.407 e. The maximum atomic E-state index is 11.9. The number of thiophene rings is 1. The van der Waals surface area contributed by atoms with Gasteiger partial charge >= 0.3 is 6.09 Å². The number of alkyl carbamates (subject to hydrolysis) is 1. The van der Waals surface area contributed by atoms with Crippen molar-refractivity contribution < 1.29 is 13.9 Å². The molecule has 1 amide bonds. The molecular formula is C19H24N4O3S. The minimum Gasteiger partial charge on any atom is -0.467 e. The van der Waals surface area contributed by atoms with Crippen LogP contribution in [-0.4, -0.2) is 27.7 Å². The highest BCUT2D eigenvalue weighted by Crippen LogP contribution is 2.30. The predicted octanol–water partition coefficient (Wildman–Crippen LogP) is 4.35. The summed E-state index contributed by atoms with van der Waals surface area (Å²) in [6.07, 6.45) is 3.48. The Hall–Kier alpha value is -2.61. The van der Waals surface area contributed by atoms with E-state index in [0.29, 0.717) is 13.0 Å². The standard InChI is InChI=1S/C19H24N4O3S/c1-12(23-18(24)26-19(2,3)4)8-14-9-15-16(27-14)17(22-11-21-15)20-10-13-6-5-7-25-13/h5-7,9,11-12H,8,10H2,1-4H3,(H,23,24)(H,20,21,22). The van der Waals surface area contributed by atoms with Crippen LogP contribution in [0.3, 0.4) is 0 Å². The molecule has 0 saturated heterocycles. The van der Waals surface area contributed by atoms with E-state index in [1.807, 2.05) is 45.9 Å². The highest BCUT2D eigenvalue weighted by Gasteiger charge is 2.18. The quantitative estimate of drug-likeness (QED) is 0.652. The minimum atomic E-state index is -0.508. The molecular weight excluding hydrogens is 364 g/mol. The van der Waals surface area contributed by atoms with E-state index >= 15 is 0 Å². The Kier molecular flexibility index (Phi) is 5.65. The lowest BCUT2D eigenvalue weighted by atomic mass is 10.2. The molecule has 1 unspecified atom stereocenters. The van der Waals surface area contributed by atoms with Gasteiger partial charge in [-0.25, -0.2) is 14.8 Å². The van der Waals surface area contributed by atoms with Crippen LogP contribution in [0, 0.1) is 0 Å². The second kappa shape index (κ2) is 7.96. The zero-order chi connectivity index (χ0) is 19.4. The SMILES string of the molecule is CC(Cc1cc2ncnc(NCc3ccco3)c2s1)NC(=O)OC(C)(C)C. The van der Waals surface area contributed by atoms with Crippen LogP contribution in [0.5, 0.6) is 0 Å². The fraction of sp³-hybridized carbons (Fsp3) is 0.421. The van der Waals surface area contributed by atoms with Gasteiger partial charge < -0.3 is 19.8 Å². The van der Waals surface area contributed by atoms with Gasteiger partial charge in [0.15, 0.2) is 0 Å². The summed E-state index contributed by atoms with van der Waals surface area (Å²) >= 11 is 1.62. The number of rotatable bonds is 6. The van der Waals surface area contributed by atoms with E-state index in [0.717, 1.165) is 26.7 Å². The summed E-state index contributed by atoms with van der Waals surface area (Å²) < 4.78 is 11.6. The number of fused-ring (bicyclic) bond motifs is 1. The molecule has 0 bridgehead atoms. The van der Waals surface area contributed by atoms with Crippen LogP contribution in [-0.2, 0) is 17.7 Å². The van der Waals surface area contributed by atoms with Crippen molar-refractivity contribution in [2.24, 2.45) is 0 Å². The monoisotopic (exact) mass is 388 g/mol. The third kappa shape index (κ3) is 5.43. The largest absolute Gasteiger partial charge is 0.467 e. The van der Waals surface area contributed by atoms with Gasteiger partial charge in [0.2, 0.25) is 0 Å². The first-order valence-electron chi connectivity index (χ1n) is 8.79. The van der Waals surface area contributed by atoms with Crippen molar-refractivity contribution in [3.05, 3.63) is 41.4 Å². The second-order valence-electron chi connectivity index (χ2n) is 7.33. The van der Waals surface area contributed by atoms with Gasteiger partial charge in [-0.05, 0) is 45.9 Å². The van der Waals surface area contributed by atoms with Crippen LogP contribution < -0.4 is 10.6 Å². The van der Waals surface area contributed by atoms with E-state index in [9.17, 15) is 4.79 Å². The Labute approximate surface area is 162 Å². The average Bonchev–Trinajstić information content (AvgIpc) is 3.19. The van der Waals surface area contributed by atoms with Crippen molar-refractivity contribution in [2.45, 2.75) is 52.3 Å². The molecule has 0 fully saturated rings.